The van der Waals surface area contributed by atoms with Gasteiger partial charge in [0, 0.05) is 34.8 Å². The van der Waals surface area contributed by atoms with E-state index in [-0.39, 0.29) is 0 Å². The molecule has 0 amide bonds. The van der Waals surface area contributed by atoms with E-state index >= 15 is 0 Å². The maximum atomic E-state index is 5.93. The molecule has 0 atom stereocenters. The normalized spacial score (nSPS) is 14.9. The number of hydrogen-bond donors (Lipinski definition) is 1. The Morgan fingerprint density at radius 3 is 2.61 bits per heavy atom. The zero-order valence-electron chi connectivity index (χ0n) is 9.99. The molecule has 1 N–H and O–H groups in total. The predicted octanol–water partition coefficient (Wildman–Crippen LogP) is 2.49. The van der Waals surface area contributed by atoms with Crippen molar-refractivity contribution in [2.24, 2.45) is 0 Å². The molecule has 92 valence electrons. The van der Waals surface area contributed by atoms with E-state index in [1.807, 2.05) is 24.3 Å². The van der Waals surface area contributed by atoms with Crippen molar-refractivity contribution in [2.45, 2.75) is 12.8 Å². The molecule has 0 bridgehead atoms. The zero-order chi connectivity index (χ0) is 12.4. The van der Waals surface area contributed by atoms with Crippen LogP contribution in [0.1, 0.15) is 11.3 Å². The number of halogens is 1. The summed E-state index contributed by atoms with van der Waals surface area (Å²) in [5, 5.41) is 4.14. The van der Waals surface area contributed by atoms with Gasteiger partial charge in [-0.15, -0.1) is 0 Å². The molecule has 0 radical (unpaired) electrons. The quantitative estimate of drug-likeness (QED) is 0.855. The third-order valence-electron chi connectivity index (χ3n) is 3.24. The molecule has 2 heterocycles. The molecule has 3 nitrogen and oxygen atoms in total. The standard InChI is InChI=1S/C14H14ClN3/c15-11-3-1-10(2-4-11)14-12-5-7-16-8-6-13(12)17-9-18-14/h1-4,9,16H,5-8H2. The smallest absolute Gasteiger partial charge is 0.116 e. The summed E-state index contributed by atoms with van der Waals surface area (Å²) >= 11 is 5.93. The zero-order valence-corrected chi connectivity index (χ0v) is 10.7. The molecule has 3 rings (SSSR count). The van der Waals surface area contributed by atoms with Gasteiger partial charge in [0.2, 0.25) is 0 Å². The summed E-state index contributed by atoms with van der Waals surface area (Å²) in [6.45, 7) is 1.98. The number of fused-ring (bicyclic) bond motifs is 1. The van der Waals surface area contributed by atoms with Crippen molar-refractivity contribution in [3.05, 3.63) is 46.9 Å². The molecular formula is C14H14ClN3. The second-order valence-electron chi connectivity index (χ2n) is 4.40. The SMILES string of the molecule is Clc1ccc(-c2ncnc3c2CCNCC3)cc1. The van der Waals surface area contributed by atoms with Gasteiger partial charge in [0.15, 0.2) is 0 Å². The Hall–Kier alpha value is -1.45. The van der Waals surface area contributed by atoms with Crippen molar-refractivity contribution in [3.63, 3.8) is 0 Å². The first-order chi connectivity index (χ1) is 8.84. The lowest BCUT2D eigenvalue weighted by molar-refractivity contribution is 0.708. The fourth-order valence-electron chi connectivity index (χ4n) is 2.33. The first-order valence-corrected chi connectivity index (χ1v) is 6.52. The van der Waals surface area contributed by atoms with Crippen LogP contribution >= 0.6 is 11.6 Å². The molecule has 0 spiro atoms. The summed E-state index contributed by atoms with van der Waals surface area (Å²) in [6.07, 6.45) is 3.61. The molecule has 0 aliphatic carbocycles. The van der Waals surface area contributed by atoms with Crippen molar-refractivity contribution in [1.82, 2.24) is 15.3 Å². The van der Waals surface area contributed by atoms with Crippen LogP contribution in [-0.2, 0) is 12.8 Å². The van der Waals surface area contributed by atoms with E-state index in [1.54, 1.807) is 6.33 Å². The van der Waals surface area contributed by atoms with Gasteiger partial charge in [-0.2, -0.15) is 0 Å². The number of aromatic nitrogens is 2. The van der Waals surface area contributed by atoms with Crippen LogP contribution in [0.3, 0.4) is 0 Å². The number of rotatable bonds is 1. The highest BCUT2D eigenvalue weighted by atomic mass is 35.5. The Kier molecular flexibility index (Phi) is 3.26. The molecule has 1 aromatic carbocycles. The first kappa shape index (κ1) is 11.6. The van der Waals surface area contributed by atoms with Gasteiger partial charge >= 0.3 is 0 Å². The maximum Gasteiger partial charge on any atom is 0.116 e. The fourth-order valence-corrected chi connectivity index (χ4v) is 2.45. The Labute approximate surface area is 111 Å². The molecule has 0 fully saturated rings. The van der Waals surface area contributed by atoms with Gasteiger partial charge in [0.05, 0.1) is 5.69 Å². The topological polar surface area (TPSA) is 37.8 Å². The Bertz CT molecular complexity index is 551. The second kappa shape index (κ2) is 5.04. The van der Waals surface area contributed by atoms with Gasteiger partial charge < -0.3 is 5.32 Å². The van der Waals surface area contributed by atoms with Gasteiger partial charge in [-0.1, -0.05) is 23.7 Å². The molecule has 18 heavy (non-hydrogen) atoms. The molecule has 4 heteroatoms. The number of nitrogens with zero attached hydrogens (tertiary/aromatic N) is 2. The summed E-state index contributed by atoms with van der Waals surface area (Å²) in [4.78, 5) is 8.86. The van der Waals surface area contributed by atoms with E-state index in [4.69, 9.17) is 11.6 Å². The molecule has 1 aliphatic heterocycles. The minimum Gasteiger partial charge on any atom is -0.316 e. The summed E-state index contributed by atoms with van der Waals surface area (Å²) < 4.78 is 0. The van der Waals surface area contributed by atoms with Crippen molar-refractivity contribution >= 4 is 11.6 Å². The van der Waals surface area contributed by atoms with Crippen LogP contribution in [0.2, 0.25) is 5.02 Å². The fraction of sp³-hybridized carbons (Fsp3) is 0.286. The van der Waals surface area contributed by atoms with Gasteiger partial charge in [0.25, 0.3) is 0 Å². The van der Waals surface area contributed by atoms with Crippen LogP contribution in [0.25, 0.3) is 11.3 Å². The van der Waals surface area contributed by atoms with E-state index in [0.29, 0.717) is 0 Å². The van der Waals surface area contributed by atoms with E-state index in [2.05, 4.69) is 15.3 Å². The number of hydrogen-bond acceptors (Lipinski definition) is 3. The minimum atomic E-state index is 0.751. The van der Waals surface area contributed by atoms with Crippen molar-refractivity contribution < 1.29 is 0 Å². The van der Waals surface area contributed by atoms with Crippen LogP contribution in [0.15, 0.2) is 30.6 Å². The lowest BCUT2D eigenvalue weighted by atomic mass is 10.0. The maximum absolute atomic E-state index is 5.93. The van der Waals surface area contributed by atoms with Crippen molar-refractivity contribution in [2.75, 3.05) is 13.1 Å². The molecule has 0 unspecified atom stereocenters. The summed E-state index contributed by atoms with van der Waals surface area (Å²) in [6, 6.07) is 7.84. The van der Waals surface area contributed by atoms with Crippen molar-refractivity contribution in [3.8, 4) is 11.3 Å². The van der Waals surface area contributed by atoms with E-state index in [9.17, 15) is 0 Å². The third-order valence-corrected chi connectivity index (χ3v) is 3.49. The van der Waals surface area contributed by atoms with Crippen LogP contribution in [0.4, 0.5) is 0 Å². The highest BCUT2D eigenvalue weighted by molar-refractivity contribution is 6.30. The lowest BCUT2D eigenvalue weighted by Gasteiger charge is -2.10. The molecule has 0 saturated heterocycles. The van der Waals surface area contributed by atoms with Crippen LogP contribution in [-0.4, -0.2) is 23.1 Å². The third kappa shape index (κ3) is 2.24. The first-order valence-electron chi connectivity index (χ1n) is 6.14. The van der Waals surface area contributed by atoms with Crippen LogP contribution in [0.5, 0.6) is 0 Å². The highest BCUT2D eigenvalue weighted by Crippen LogP contribution is 2.25. The molecular weight excluding hydrogens is 246 g/mol. The largest absolute Gasteiger partial charge is 0.316 e. The monoisotopic (exact) mass is 259 g/mol. The average Bonchev–Trinajstić information content (AvgIpc) is 2.64. The van der Waals surface area contributed by atoms with Gasteiger partial charge in [-0.05, 0) is 25.1 Å². The van der Waals surface area contributed by atoms with E-state index in [1.165, 1.54) is 11.3 Å². The Morgan fingerprint density at radius 1 is 1.00 bits per heavy atom. The molecule has 0 saturated carbocycles. The summed E-state index contributed by atoms with van der Waals surface area (Å²) in [7, 11) is 0. The highest BCUT2D eigenvalue weighted by Gasteiger charge is 2.14. The second-order valence-corrected chi connectivity index (χ2v) is 4.84. The average molecular weight is 260 g/mol. The molecule has 1 aliphatic rings. The van der Waals surface area contributed by atoms with Crippen LogP contribution < -0.4 is 5.32 Å². The van der Waals surface area contributed by atoms with E-state index in [0.717, 1.165) is 42.2 Å². The molecule has 2 aromatic rings. The van der Waals surface area contributed by atoms with Gasteiger partial charge in [0.1, 0.15) is 6.33 Å². The van der Waals surface area contributed by atoms with Gasteiger partial charge in [-0.25, -0.2) is 9.97 Å². The minimum absolute atomic E-state index is 0.751. The predicted molar refractivity (Wildman–Crippen MR) is 72.8 cm³/mol. The van der Waals surface area contributed by atoms with Gasteiger partial charge in [-0.3, -0.25) is 0 Å². The lowest BCUT2D eigenvalue weighted by Crippen LogP contribution is -2.16. The molecule has 1 aromatic heterocycles. The van der Waals surface area contributed by atoms with Crippen LogP contribution in [0, 0.1) is 0 Å². The summed E-state index contributed by atoms with van der Waals surface area (Å²) in [5.41, 5.74) is 4.59. The van der Waals surface area contributed by atoms with E-state index < -0.39 is 0 Å². The number of benzene rings is 1. The Morgan fingerprint density at radius 2 is 1.78 bits per heavy atom. The van der Waals surface area contributed by atoms with Crippen molar-refractivity contribution in [1.29, 1.82) is 0 Å². The number of nitrogens with one attached hydrogen (secondary N) is 1. The summed E-state index contributed by atoms with van der Waals surface area (Å²) in [5.74, 6) is 0. The Balaban J connectivity index is 2.09.